The Morgan fingerprint density at radius 1 is 1.15 bits per heavy atom. The fourth-order valence-electron chi connectivity index (χ4n) is 5.73. The molecule has 3 aliphatic carbocycles. The molecule has 0 radical (unpaired) electrons. The predicted octanol–water partition coefficient (Wildman–Crippen LogP) is 5.07. The Bertz CT molecular complexity index is 1120. The van der Waals surface area contributed by atoms with Crippen LogP contribution >= 0.6 is 0 Å². The molecule has 3 atom stereocenters. The van der Waals surface area contributed by atoms with E-state index in [0.29, 0.717) is 5.92 Å². The molecule has 5 nitrogen and oxygen atoms in total. The fourth-order valence-corrected chi connectivity index (χ4v) is 5.73. The SMILES string of the molecule is COc1ccc2[nH]c(CCCN(C)CC[C@@]3(O)C[C@@H]4CC[C@H]3C=C4c3ccccc3)nc2c1. The highest BCUT2D eigenvalue weighted by Gasteiger charge is 2.46. The van der Waals surface area contributed by atoms with Gasteiger partial charge in [-0.05, 0) is 74.9 Å². The van der Waals surface area contributed by atoms with Crippen molar-refractivity contribution < 1.29 is 9.84 Å². The van der Waals surface area contributed by atoms with Gasteiger partial charge in [0.25, 0.3) is 0 Å². The Morgan fingerprint density at radius 2 is 2.00 bits per heavy atom. The zero-order chi connectivity index (χ0) is 22.8. The van der Waals surface area contributed by atoms with Crippen LogP contribution in [0.5, 0.6) is 5.75 Å². The van der Waals surface area contributed by atoms with Gasteiger partial charge < -0.3 is 19.7 Å². The molecule has 1 saturated carbocycles. The Kier molecular flexibility index (Phi) is 6.26. The van der Waals surface area contributed by atoms with E-state index in [1.165, 1.54) is 17.6 Å². The standard InChI is InChI=1S/C28H35N3O2/c1-31(15-6-9-27-29-25-13-12-23(33-2)18-26(25)30-27)16-14-28(32)19-21-10-11-22(28)17-24(21)20-7-4-3-5-8-20/h3-5,7-8,12-13,17-18,21-22,32H,6,9-11,14-16,19H2,1-2H3,(H,29,30)/t21-,22-,28+/m0/s1. The van der Waals surface area contributed by atoms with Crippen LogP contribution in [-0.4, -0.2) is 52.8 Å². The number of imidazole rings is 1. The number of aryl methyl sites for hydroxylation is 1. The number of H-pyrrole nitrogens is 1. The number of nitrogens with zero attached hydrogens (tertiary/aromatic N) is 2. The summed E-state index contributed by atoms with van der Waals surface area (Å²) in [6, 6.07) is 16.7. The van der Waals surface area contributed by atoms with Crippen LogP contribution < -0.4 is 4.74 Å². The van der Waals surface area contributed by atoms with Gasteiger partial charge in [0.15, 0.2) is 0 Å². The summed E-state index contributed by atoms with van der Waals surface area (Å²) < 4.78 is 5.29. The summed E-state index contributed by atoms with van der Waals surface area (Å²) in [7, 11) is 3.84. The van der Waals surface area contributed by atoms with Gasteiger partial charge in [0, 0.05) is 24.9 Å². The zero-order valence-electron chi connectivity index (χ0n) is 19.8. The van der Waals surface area contributed by atoms with Crippen molar-refractivity contribution in [2.24, 2.45) is 11.8 Å². The van der Waals surface area contributed by atoms with Gasteiger partial charge in [-0.1, -0.05) is 36.4 Å². The number of aliphatic hydroxyl groups is 1. The first-order valence-electron chi connectivity index (χ1n) is 12.2. The molecule has 3 aromatic rings. The van der Waals surface area contributed by atoms with E-state index in [9.17, 15) is 5.11 Å². The largest absolute Gasteiger partial charge is 0.497 e. The van der Waals surface area contributed by atoms with Gasteiger partial charge in [0.1, 0.15) is 11.6 Å². The molecule has 5 heteroatoms. The van der Waals surface area contributed by atoms with Crippen LogP contribution in [0.2, 0.25) is 0 Å². The Hall–Kier alpha value is -2.63. The van der Waals surface area contributed by atoms with E-state index in [-0.39, 0.29) is 5.92 Å². The first-order valence-corrected chi connectivity index (χ1v) is 12.2. The first-order chi connectivity index (χ1) is 16.0. The van der Waals surface area contributed by atoms with E-state index >= 15 is 0 Å². The lowest BCUT2D eigenvalue weighted by molar-refractivity contribution is -0.0574. The number of fused-ring (bicyclic) bond motifs is 3. The van der Waals surface area contributed by atoms with Gasteiger partial charge in [0.05, 0.1) is 23.7 Å². The average Bonchev–Trinajstić information content (AvgIpc) is 3.25. The van der Waals surface area contributed by atoms with E-state index in [1.54, 1.807) is 7.11 Å². The topological polar surface area (TPSA) is 61.4 Å². The number of hydrogen-bond donors (Lipinski definition) is 2. The molecule has 2 aromatic carbocycles. The molecular formula is C28H35N3O2. The molecule has 0 spiro atoms. The molecule has 33 heavy (non-hydrogen) atoms. The van der Waals surface area contributed by atoms with Gasteiger partial charge in [-0.15, -0.1) is 0 Å². The number of aromatic amines is 1. The molecule has 3 aliphatic rings. The van der Waals surface area contributed by atoms with Gasteiger partial charge in [-0.25, -0.2) is 4.98 Å². The molecule has 0 unspecified atom stereocenters. The maximum atomic E-state index is 11.5. The number of allylic oxidation sites excluding steroid dienone is 1. The third kappa shape index (κ3) is 4.71. The molecule has 1 heterocycles. The van der Waals surface area contributed by atoms with Crippen LogP contribution in [0.25, 0.3) is 16.6 Å². The van der Waals surface area contributed by atoms with Gasteiger partial charge in [-0.3, -0.25) is 0 Å². The van der Waals surface area contributed by atoms with Crippen molar-refractivity contribution in [1.29, 1.82) is 0 Å². The smallest absolute Gasteiger partial charge is 0.121 e. The summed E-state index contributed by atoms with van der Waals surface area (Å²) in [5.74, 6) is 2.62. The van der Waals surface area contributed by atoms with Crippen LogP contribution in [0.15, 0.2) is 54.6 Å². The summed E-state index contributed by atoms with van der Waals surface area (Å²) >= 11 is 0. The molecular weight excluding hydrogens is 410 g/mol. The lowest BCUT2D eigenvalue weighted by atomic mass is 9.61. The minimum absolute atomic E-state index is 0.277. The lowest BCUT2D eigenvalue weighted by Crippen LogP contribution is -2.48. The molecule has 2 bridgehead atoms. The van der Waals surface area contributed by atoms with Crippen molar-refractivity contribution in [3.63, 3.8) is 0 Å². The maximum absolute atomic E-state index is 11.5. The van der Waals surface area contributed by atoms with Crippen molar-refractivity contribution in [1.82, 2.24) is 14.9 Å². The van der Waals surface area contributed by atoms with Gasteiger partial charge in [-0.2, -0.15) is 0 Å². The molecule has 0 saturated heterocycles. The van der Waals surface area contributed by atoms with Crippen molar-refractivity contribution in [2.75, 3.05) is 27.2 Å². The number of nitrogens with one attached hydrogen (secondary N) is 1. The quantitative estimate of drug-likeness (QED) is 0.483. The third-order valence-electron chi connectivity index (χ3n) is 7.66. The second-order valence-corrected chi connectivity index (χ2v) is 9.90. The third-order valence-corrected chi connectivity index (χ3v) is 7.66. The second-order valence-electron chi connectivity index (χ2n) is 9.90. The highest BCUT2D eigenvalue weighted by molar-refractivity contribution is 5.76. The first kappa shape index (κ1) is 22.2. The van der Waals surface area contributed by atoms with Crippen LogP contribution in [0, 0.1) is 11.8 Å². The number of hydrogen-bond acceptors (Lipinski definition) is 4. The Morgan fingerprint density at radius 3 is 2.76 bits per heavy atom. The van der Waals surface area contributed by atoms with Gasteiger partial charge in [0.2, 0.25) is 0 Å². The van der Waals surface area contributed by atoms with Crippen LogP contribution in [0.3, 0.4) is 0 Å². The summed E-state index contributed by atoms with van der Waals surface area (Å²) in [4.78, 5) is 10.5. The normalized spacial score (nSPS) is 24.4. The maximum Gasteiger partial charge on any atom is 0.121 e. The van der Waals surface area contributed by atoms with Gasteiger partial charge >= 0.3 is 0 Å². The second kappa shape index (κ2) is 9.32. The number of rotatable bonds is 9. The highest BCUT2D eigenvalue weighted by atomic mass is 16.5. The zero-order valence-corrected chi connectivity index (χ0v) is 19.8. The average molecular weight is 446 g/mol. The monoisotopic (exact) mass is 445 g/mol. The van der Waals surface area contributed by atoms with Crippen LogP contribution in [0.1, 0.15) is 43.5 Å². The van der Waals surface area contributed by atoms with Crippen molar-refractivity contribution in [3.8, 4) is 5.75 Å². The Balaban J connectivity index is 1.12. The van der Waals surface area contributed by atoms with Crippen molar-refractivity contribution in [3.05, 3.63) is 66.0 Å². The molecule has 0 aliphatic heterocycles. The molecule has 2 N–H and O–H groups in total. The van der Waals surface area contributed by atoms with E-state index in [4.69, 9.17) is 9.72 Å². The van der Waals surface area contributed by atoms with Crippen molar-refractivity contribution in [2.45, 2.75) is 44.1 Å². The van der Waals surface area contributed by atoms with E-state index in [1.807, 2.05) is 18.2 Å². The van der Waals surface area contributed by atoms with Crippen LogP contribution in [-0.2, 0) is 6.42 Å². The minimum Gasteiger partial charge on any atom is -0.497 e. The number of ether oxygens (including phenoxy) is 1. The summed E-state index contributed by atoms with van der Waals surface area (Å²) in [5, 5.41) is 11.5. The Labute approximate surface area is 196 Å². The number of methoxy groups -OCH3 is 1. The fraction of sp³-hybridized carbons (Fsp3) is 0.464. The lowest BCUT2D eigenvalue weighted by Gasteiger charge is -2.48. The minimum atomic E-state index is -0.562. The van der Waals surface area contributed by atoms with Crippen molar-refractivity contribution >= 4 is 16.6 Å². The van der Waals surface area contributed by atoms with E-state index in [2.05, 4.69) is 53.3 Å². The van der Waals surface area contributed by atoms with E-state index < -0.39 is 5.60 Å². The highest BCUT2D eigenvalue weighted by Crippen LogP contribution is 2.51. The summed E-state index contributed by atoms with van der Waals surface area (Å²) in [6.07, 6.45) is 8.38. The molecule has 0 amide bonds. The summed E-state index contributed by atoms with van der Waals surface area (Å²) in [5.41, 5.74) is 4.23. The molecule has 1 fully saturated rings. The number of benzene rings is 2. The van der Waals surface area contributed by atoms with Crippen LogP contribution in [0.4, 0.5) is 0 Å². The summed E-state index contributed by atoms with van der Waals surface area (Å²) in [6.45, 7) is 1.92. The molecule has 6 rings (SSSR count). The number of aromatic nitrogens is 2. The predicted molar refractivity (Wildman–Crippen MR) is 133 cm³/mol. The van der Waals surface area contributed by atoms with E-state index in [0.717, 1.165) is 67.8 Å². The molecule has 1 aromatic heterocycles. The molecule has 174 valence electrons.